The maximum atomic E-state index is 9.69. The summed E-state index contributed by atoms with van der Waals surface area (Å²) in [5.41, 5.74) is 0. The molecule has 0 radical (unpaired) electrons. The summed E-state index contributed by atoms with van der Waals surface area (Å²) in [7, 11) is 0. The van der Waals surface area contributed by atoms with Gasteiger partial charge >= 0.3 is 0 Å². The molecule has 50 valence electrons. The quantitative estimate of drug-likeness (QED) is 0.452. The molecule has 0 aliphatic carbocycles. The van der Waals surface area contributed by atoms with Crippen LogP contribution >= 0.6 is 0 Å². The van der Waals surface area contributed by atoms with Gasteiger partial charge in [0.1, 0.15) is 6.29 Å². The van der Waals surface area contributed by atoms with Gasteiger partial charge in [0.2, 0.25) is 0 Å². The van der Waals surface area contributed by atoms with Gasteiger partial charge in [0, 0.05) is 6.20 Å². The largest absolute Gasteiger partial charge is 0.368 e. The van der Waals surface area contributed by atoms with E-state index in [9.17, 15) is 4.79 Å². The van der Waals surface area contributed by atoms with Crippen LogP contribution in [0.5, 0.6) is 0 Å². The molecule has 0 aliphatic heterocycles. The van der Waals surface area contributed by atoms with Crippen molar-refractivity contribution in [1.82, 2.24) is 5.32 Å². The third-order valence-electron chi connectivity index (χ3n) is 0.721. The molecule has 2 nitrogen and oxygen atoms in total. The Bertz CT molecular complexity index is 116. The Kier molecular flexibility index (Phi) is 6.14. The second kappa shape index (κ2) is 6.95. The molecule has 9 heavy (non-hydrogen) atoms. The summed E-state index contributed by atoms with van der Waals surface area (Å²) in [5, 5.41) is 2.79. The van der Waals surface area contributed by atoms with E-state index in [0.29, 0.717) is 0 Å². The molecule has 0 aromatic heterocycles. The van der Waals surface area contributed by atoms with E-state index in [-0.39, 0.29) is 0 Å². The third kappa shape index (κ3) is 6.95. The van der Waals surface area contributed by atoms with Crippen molar-refractivity contribution in [2.24, 2.45) is 0 Å². The summed E-state index contributed by atoms with van der Waals surface area (Å²) < 4.78 is 0. The molecule has 0 aliphatic rings. The minimum atomic E-state index is 0.729. The second-order valence-electron chi connectivity index (χ2n) is 1.47. The second-order valence-corrected chi connectivity index (χ2v) is 1.47. The van der Waals surface area contributed by atoms with Crippen LogP contribution in [0.15, 0.2) is 24.6 Å². The first-order valence-corrected chi connectivity index (χ1v) is 2.93. The van der Waals surface area contributed by atoms with E-state index < -0.39 is 0 Å². The Labute approximate surface area is 55.3 Å². The number of hydrogen-bond acceptors (Lipinski definition) is 2. The van der Waals surface area contributed by atoms with Gasteiger partial charge in [-0.2, -0.15) is 0 Å². The van der Waals surface area contributed by atoms with Crippen LogP contribution in [0.1, 0.15) is 13.3 Å². The van der Waals surface area contributed by atoms with Gasteiger partial charge in [0.05, 0.1) is 0 Å². The number of nitrogens with one attached hydrogen (secondary N) is 1. The zero-order chi connectivity index (χ0) is 6.95. The van der Waals surface area contributed by atoms with Crippen molar-refractivity contribution >= 4 is 6.29 Å². The van der Waals surface area contributed by atoms with Gasteiger partial charge in [-0.25, -0.2) is 0 Å². The van der Waals surface area contributed by atoms with Gasteiger partial charge in [0.15, 0.2) is 0 Å². The van der Waals surface area contributed by atoms with Crippen molar-refractivity contribution in [3.63, 3.8) is 0 Å². The fraction of sp³-hybridized carbons (Fsp3) is 0.286. The lowest BCUT2D eigenvalue weighted by molar-refractivity contribution is -0.104. The number of carbonyl (C=O) groups excluding carboxylic acids is 1. The average Bonchev–Trinajstić information content (AvgIpc) is 1.89. The SMILES string of the molecule is CC/C=C/N/C=C\C=O. The van der Waals surface area contributed by atoms with Gasteiger partial charge in [-0.1, -0.05) is 13.0 Å². The van der Waals surface area contributed by atoms with Crippen LogP contribution in [0.4, 0.5) is 0 Å². The minimum absolute atomic E-state index is 0.729. The van der Waals surface area contributed by atoms with Crippen molar-refractivity contribution in [3.8, 4) is 0 Å². The molecular weight excluding hydrogens is 114 g/mol. The molecule has 0 saturated carbocycles. The van der Waals surface area contributed by atoms with Crippen LogP contribution in [-0.4, -0.2) is 6.29 Å². The van der Waals surface area contributed by atoms with Crippen molar-refractivity contribution in [2.45, 2.75) is 13.3 Å². The molecule has 0 fully saturated rings. The van der Waals surface area contributed by atoms with E-state index in [1.165, 1.54) is 6.08 Å². The van der Waals surface area contributed by atoms with Crippen LogP contribution in [0.3, 0.4) is 0 Å². The molecule has 2 heteroatoms. The number of aldehydes is 1. The normalized spacial score (nSPS) is 10.8. The fourth-order valence-electron chi connectivity index (χ4n) is 0.336. The first-order chi connectivity index (χ1) is 4.41. The van der Waals surface area contributed by atoms with E-state index in [0.717, 1.165) is 12.7 Å². The van der Waals surface area contributed by atoms with Gasteiger partial charge in [-0.05, 0) is 18.7 Å². The molecule has 0 atom stereocenters. The number of hydrogen-bond donors (Lipinski definition) is 1. The van der Waals surface area contributed by atoms with E-state index in [4.69, 9.17) is 0 Å². The standard InChI is InChI=1S/C7H11NO/c1-2-3-5-8-6-4-7-9/h3-8H,2H2,1H3/b5-3+,6-4-. The van der Waals surface area contributed by atoms with E-state index in [1.807, 2.05) is 13.0 Å². The predicted octanol–water partition coefficient (Wildman–Crippen LogP) is 1.21. The first-order valence-electron chi connectivity index (χ1n) is 2.93. The summed E-state index contributed by atoms with van der Waals surface area (Å²) in [6.07, 6.45) is 8.48. The Morgan fingerprint density at radius 1 is 1.44 bits per heavy atom. The maximum Gasteiger partial charge on any atom is 0.144 e. The molecule has 0 unspecified atom stereocenters. The monoisotopic (exact) mass is 125 g/mol. The van der Waals surface area contributed by atoms with Crippen molar-refractivity contribution in [3.05, 3.63) is 24.6 Å². The highest BCUT2D eigenvalue weighted by Gasteiger charge is 1.64. The lowest BCUT2D eigenvalue weighted by Gasteiger charge is -1.83. The molecule has 0 aromatic rings. The molecule has 0 bridgehead atoms. The molecular formula is C7H11NO. The van der Waals surface area contributed by atoms with Crippen molar-refractivity contribution < 1.29 is 4.79 Å². The maximum absolute atomic E-state index is 9.69. The summed E-state index contributed by atoms with van der Waals surface area (Å²) in [5.74, 6) is 0. The van der Waals surface area contributed by atoms with Crippen molar-refractivity contribution in [2.75, 3.05) is 0 Å². The molecule has 0 amide bonds. The zero-order valence-electron chi connectivity index (χ0n) is 5.50. The average molecular weight is 125 g/mol. The highest BCUT2D eigenvalue weighted by atomic mass is 16.1. The van der Waals surface area contributed by atoms with Gasteiger partial charge < -0.3 is 5.32 Å². The lowest BCUT2D eigenvalue weighted by atomic mass is 10.5. The summed E-state index contributed by atoms with van der Waals surface area (Å²) in [4.78, 5) is 9.69. The Morgan fingerprint density at radius 2 is 2.22 bits per heavy atom. The van der Waals surface area contributed by atoms with E-state index in [1.54, 1.807) is 12.4 Å². The van der Waals surface area contributed by atoms with Crippen LogP contribution < -0.4 is 5.32 Å². The summed E-state index contributed by atoms with van der Waals surface area (Å²) >= 11 is 0. The minimum Gasteiger partial charge on any atom is -0.368 e. The lowest BCUT2D eigenvalue weighted by Crippen LogP contribution is -1.90. The molecule has 0 spiro atoms. The summed E-state index contributed by atoms with van der Waals surface area (Å²) in [6, 6.07) is 0. The topological polar surface area (TPSA) is 29.1 Å². The Hall–Kier alpha value is -1.05. The Morgan fingerprint density at radius 3 is 2.78 bits per heavy atom. The molecule has 0 heterocycles. The Balaban J connectivity index is 3.17. The highest BCUT2D eigenvalue weighted by Crippen LogP contribution is 1.74. The number of rotatable bonds is 4. The molecule has 0 saturated heterocycles. The molecule has 0 aromatic carbocycles. The molecule has 0 rings (SSSR count). The van der Waals surface area contributed by atoms with Crippen LogP contribution in [0, 0.1) is 0 Å². The zero-order valence-corrected chi connectivity index (χ0v) is 5.50. The van der Waals surface area contributed by atoms with Crippen molar-refractivity contribution in [1.29, 1.82) is 0 Å². The highest BCUT2D eigenvalue weighted by molar-refractivity contribution is 5.64. The summed E-state index contributed by atoms with van der Waals surface area (Å²) in [6.45, 7) is 2.04. The third-order valence-corrected chi connectivity index (χ3v) is 0.721. The van der Waals surface area contributed by atoms with E-state index >= 15 is 0 Å². The predicted molar refractivity (Wildman–Crippen MR) is 37.8 cm³/mol. The van der Waals surface area contributed by atoms with Crippen LogP contribution in [-0.2, 0) is 4.79 Å². The number of carbonyl (C=O) groups is 1. The van der Waals surface area contributed by atoms with Crippen LogP contribution in [0.2, 0.25) is 0 Å². The molecule has 1 N–H and O–H groups in total. The first kappa shape index (κ1) is 7.95. The van der Waals surface area contributed by atoms with Gasteiger partial charge in [-0.3, -0.25) is 4.79 Å². The fourth-order valence-corrected chi connectivity index (χ4v) is 0.336. The van der Waals surface area contributed by atoms with Gasteiger partial charge in [0.25, 0.3) is 0 Å². The number of allylic oxidation sites excluding steroid dienone is 2. The smallest absolute Gasteiger partial charge is 0.144 e. The van der Waals surface area contributed by atoms with Crippen LogP contribution in [0.25, 0.3) is 0 Å². The van der Waals surface area contributed by atoms with Gasteiger partial charge in [-0.15, -0.1) is 0 Å². The van der Waals surface area contributed by atoms with E-state index in [2.05, 4.69) is 5.32 Å².